The summed E-state index contributed by atoms with van der Waals surface area (Å²) in [5.41, 5.74) is 0.351. The van der Waals surface area contributed by atoms with E-state index in [2.05, 4.69) is 19.9 Å². The molecule has 142 valence electrons. The normalized spacial score (nSPS) is 24.8. The first kappa shape index (κ1) is 17.5. The van der Waals surface area contributed by atoms with E-state index in [1.54, 1.807) is 35.8 Å². The first-order chi connectivity index (χ1) is 13.0. The number of carbonyl (C=O) groups is 2. The minimum atomic E-state index is -0.953. The summed E-state index contributed by atoms with van der Waals surface area (Å²) >= 11 is 0. The van der Waals surface area contributed by atoms with Gasteiger partial charge in [-0.3, -0.25) is 14.5 Å². The molecule has 2 N–H and O–H groups in total. The van der Waals surface area contributed by atoms with Gasteiger partial charge in [0.2, 0.25) is 5.88 Å². The molecule has 0 spiro atoms. The number of likely N-dealkylation sites (tertiary alicyclic amines) is 2. The molecule has 2 aromatic rings. The molecule has 9 nitrogen and oxygen atoms in total. The smallest absolute Gasteiger partial charge is 0.313 e. The Morgan fingerprint density at radius 1 is 1.41 bits per heavy atom. The molecular formula is C18H21N5O4. The van der Waals surface area contributed by atoms with Crippen molar-refractivity contribution in [2.24, 2.45) is 11.3 Å². The maximum Gasteiger partial charge on any atom is 0.313 e. The molecule has 0 unspecified atom stereocenters. The van der Waals surface area contributed by atoms with E-state index >= 15 is 0 Å². The summed E-state index contributed by atoms with van der Waals surface area (Å²) in [7, 11) is 1.46. The SMILES string of the molecule is COc1ncccc1C(=O)N1C[C@H]2CN(Cc3cnc[nH]3)C[C@@]2(C(=O)O)C1. The van der Waals surface area contributed by atoms with Crippen LogP contribution in [-0.2, 0) is 11.3 Å². The summed E-state index contributed by atoms with van der Waals surface area (Å²) in [6, 6.07) is 3.33. The highest BCUT2D eigenvalue weighted by molar-refractivity contribution is 5.97. The van der Waals surface area contributed by atoms with Gasteiger partial charge in [0, 0.05) is 56.7 Å². The van der Waals surface area contributed by atoms with Crippen molar-refractivity contribution in [3.05, 3.63) is 42.1 Å². The molecule has 2 aliphatic rings. The minimum absolute atomic E-state index is 0.121. The Kier molecular flexibility index (Phi) is 4.31. The van der Waals surface area contributed by atoms with Crippen molar-refractivity contribution in [1.82, 2.24) is 24.8 Å². The monoisotopic (exact) mass is 371 g/mol. The number of ether oxygens (including phenoxy) is 1. The Bertz CT molecular complexity index is 855. The summed E-state index contributed by atoms with van der Waals surface area (Å²) < 4.78 is 5.18. The summed E-state index contributed by atoms with van der Waals surface area (Å²) in [6.07, 6.45) is 4.91. The number of rotatable bonds is 5. The van der Waals surface area contributed by atoms with E-state index in [9.17, 15) is 14.7 Å². The second kappa shape index (κ2) is 6.66. The zero-order valence-corrected chi connectivity index (χ0v) is 15.0. The van der Waals surface area contributed by atoms with Gasteiger partial charge >= 0.3 is 5.97 Å². The van der Waals surface area contributed by atoms with Crippen molar-refractivity contribution in [3.63, 3.8) is 0 Å². The van der Waals surface area contributed by atoms with Crippen LogP contribution in [0.1, 0.15) is 16.1 Å². The number of carbonyl (C=O) groups excluding carboxylic acids is 1. The van der Waals surface area contributed by atoms with E-state index in [0.717, 1.165) is 5.69 Å². The Morgan fingerprint density at radius 3 is 2.93 bits per heavy atom. The molecule has 4 heterocycles. The first-order valence-corrected chi connectivity index (χ1v) is 8.75. The molecule has 0 aliphatic carbocycles. The number of aromatic amines is 1. The zero-order chi connectivity index (χ0) is 19.0. The highest BCUT2D eigenvalue weighted by Gasteiger charge is 2.58. The van der Waals surface area contributed by atoms with Crippen LogP contribution in [0.3, 0.4) is 0 Å². The number of pyridine rings is 1. The molecule has 2 aliphatic heterocycles. The summed E-state index contributed by atoms with van der Waals surface area (Å²) in [5, 5.41) is 9.97. The number of aliphatic carboxylic acids is 1. The number of H-pyrrole nitrogens is 1. The van der Waals surface area contributed by atoms with Gasteiger partial charge in [-0.05, 0) is 12.1 Å². The van der Waals surface area contributed by atoms with Crippen LogP contribution in [0.4, 0.5) is 0 Å². The lowest BCUT2D eigenvalue weighted by molar-refractivity contribution is -0.148. The van der Waals surface area contributed by atoms with Crippen molar-refractivity contribution in [3.8, 4) is 5.88 Å². The Hall–Kier alpha value is -2.94. The number of amides is 1. The second-order valence-corrected chi connectivity index (χ2v) is 7.15. The molecule has 0 saturated carbocycles. The molecule has 27 heavy (non-hydrogen) atoms. The third kappa shape index (κ3) is 2.93. The number of imidazole rings is 1. The number of hydrogen-bond donors (Lipinski definition) is 2. The number of fused-ring (bicyclic) bond motifs is 1. The molecule has 2 atom stereocenters. The van der Waals surface area contributed by atoms with Crippen LogP contribution >= 0.6 is 0 Å². The fourth-order valence-electron chi connectivity index (χ4n) is 4.25. The Balaban J connectivity index is 1.53. The van der Waals surface area contributed by atoms with Crippen molar-refractivity contribution in [2.45, 2.75) is 6.54 Å². The molecule has 9 heteroatoms. The average Bonchev–Trinajstić information content (AvgIpc) is 3.36. The van der Waals surface area contributed by atoms with Gasteiger partial charge in [0.1, 0.15) is 11.0 Å². The number of nitrogens with zero attached hydrogens (tertiary/aromatic N) is 4. The zero-order valence-electron chi connectivity index (χ0n) is 15.0. The van der Waals surface area contributed by atoms with Gasteiger partial charge in [0.25, 0.3) is 5.91 Å². The van der Waals surface area contributed by atoms with E-state index in [0.29, 0.717) is 31.7 Å². The highest BCUT2D eigenvalue weighted by Crippen LogP contribution is 2.43. The standard InChI is InChI=1S/C18H21N5O4/c1-27-15-14(3-2-4-20-15)16(24)23-7-12-6-22(8-13-5-19-11-21-13)9-18(12,10-23)17(25)26/h2-5,11-12H,6-10H2,1H3,(H,19,21)(H,25,26)/t12-,18-/m1/s1. The summed E-state index contributed by atoms with van der Waals surface area (Å²) in [4.78, 5) is 39.9. The van der Waals surface area contributed by atoms with Gasteiger partial charge < -0.3 is 19.7 Å². The fraction of sp³-hybridized carbons (Fsp3) is 0.444. The molecule has 2 aromatic heterocycles. The van der Waals surface area contributed by atoms with Crippen LogP contribution in [0.2, 0.25) is 0 Å². The molecule has 2 saturated heterocycles. The van der Waals surface area contributed by atoms with Crippen molar-refractivity contribution < 1.29 is 19.4 Å². The molecular weight excluding hydrogens is 350 g/mol. The summed E-state index contributed by atoms with van der Waals surface area (Å²) in [6.45, 7) is 2.24. The highest BCUT2D eigenvalue weighted by atomic mass is 16.5. The maximum absolute atomic E-state index is 12.9. The van der Waals surface area contributed by atoms with Gasteiger partial charge in [-0.2, -0.15) is 0 Å². The van der Waals surface area contributed by atoms with E-state index in [1.165, 1.54) is 7.11 Å². The van der Waals surface area contributed by atoms with Crippen LogP contribution in [-0.4, -0.2) is 75.0 Å². The van der Waals surface area contributed by atoms with E-state index < -0.39 is 11.4 Å². The number of carboxylic acids is 1. The molecule has 1 amide bonds. The van der Waals surface area contributed by atoms with E-state index in [4.69, 9.17) is 4.74 Å². The molecule has 2 fully saturated rings. The molecule has 0 bridgehead atoms. The van der Waals surface area contributed by atoms with E-state index in [1.807, 2.05) is 0 Å². The van der Waals surface area contributed by atoms with E-state index in [-0.39, 0.29) is 24.2 Å². The number of hydrogen-bond acceptors (Lipinski definition) is 6. The number of aromatic nitrogens is 3. The third-order valence-electron chi connectivity index (χ3n) is 5.54. The molecule has 0 radical (unpaired) electrons. The van der Waals surface area contributed by atoms with Crippen LogP contribution in [0, 0.1) is 11.3 Å². The maximum atomic E-state index is 12.9. The molecule has 0 aromatic carbocycles. The van der Waals surface area contributed by atoms with Gasteiger partial charge in [-0.25, -0.2) is 9.97 Å². The predicted molar refractivity (Wildman–Crippen MR) is 94.1 cm³/mol. The summed E-state index contributed by atoms with van der Waals surface area (Å²) in [5.74, 6) is -0.961. The molecule has 4 rings (SSSR count). The van der Waals surface area contributed by atoms with Gasteiger partial charge in [0.15, 0.2) is 0 Å². The van der Waals surface area contributed by atoms with Crippen LogP contribution in [0.5, 0.6) is 5.88 Å². The van der Waals surface area contributed by atoms with Gasteiger partial charge in [-0.1, -0.05) is 0 Å². The lowest BCUT2D eigenvalue weighted by atomic mass is 9.81. The number of methoxy groups -OCH3 is 1. The Morgan fingerprint density at radius 2 is 2.26 bits per heavy atom. The minimum Gasteiger partial charge on any atom is -0.481 e. The Labute approximate surface area is 156 Å². The van der Waals surface area contributed by atoms with Gasteiger partial charge in [0.05, 0.1) is 13.4 Å². The quantitative estimate of drug-likeness (QED) is 0.786. The van der Waals surface area contributed by atoms with Crippen molar-refractivity contribution in [1.29, 1.82) is 0 Å². The van der Waals surface area contributed by atoms with Crippen LogP contribution in [0.15, 0.2) is 30.9 Å². The van der Waals surface area contributed by atoms with Crippen LogP contribution < -0.4 is 4.74 Å². The second-order valence-electron chi connectivity index (χ2n) is 7.15. The fourth-order valence-corrected chi connectivity index (χ4v) is 4.25. The number of nitrogens with one attached hydrogen (secondary N) is 1. The lowest BCUT2D eigenvalue weighted by Gasteiger charge is -2.25. The largest absolute Gasteiger partial charge is 0.481 e. The predicted octanol–water partition coefficient (Wildman–Crippen LogP) is 0.472. The number of carboxylic acid groups (broad SMARTS) is 1. The third-order valence-corrected chi connectivity index (χ3v) is 5.54. The first-order valence-electron chi connectivity index (χ1n) is 8.75. The van der Waals surface area contributed by atoms with Gasteiger partial charge in [-0.15, -0.1) is 0 Å². The lowest BCUT2D eigenvalue weighted by Crippen LogP contribution is -2.42. The van der Waals surface area contributed by atoms with Crippen LogP contribution in [0.25, 0.3) is 0 Å². The van der Waals surface area contributed by atoms with Crippen molar-refractivity contribution in [2.75, 3.05) is 33.3 Å². The average molecular weight is 371 g/mol. The topological polar surface area (TPSA) is 112 Å². The van der Waals surface area contributed by atoms with Crippen molar-refractivity contribution >= 4 is 11.9 Å².